The lowest BCUT2D eigenvalue weighted by atomic mass is 9.93. The van der Waals surface area contributed by atoms with Crippen LogP contribution in [0, 0.1) is 26.7 Å². The van der Waals surface area contributed by atoms with Crippen molar-refractivity contribution in [1.82, 2.24) is 35.1 Å². The van der Waals surface area contributed by atoms with Gasteiger partial charge in [0, 0.05) is 72.2 Å². The molecule has 10 rings (SSSR count). The van der Waals surface area contributed by atoms with Crippen LogP contribution in [0.1, 0.15) is 99.0 Å². The van der Waals surface area contributed by atoms with Crippen LogP contribution in [0.25, 0.3) is 32.7 Å². The summed E-state index contributed by atoms with van der Waals surface area (Å²) >= 11 is 6.70. The highest BCUT2D eigenvalue weighted by atomic mass is 35.5. The van der Waals surface area contributed by atoms with E-state index in [1.807, 2.05) is 191 Å². The third kappa shape index (κ3) is 15.7. The zero-order valence-electron chi connectivity index (χ0n) is 52.1. The summed E-state index contributed by atoms with van der Waals surface area (Å²) in [5, 5.41) is 5.90. The molecule has 18 heteroatoms. The fraction of sp³-hybridized carbons (Fsp3) is 0.264. The molecule has 0 aliphatic carbocycles. The Kier molecular flexibility index (Phi) is 19.7. The molecule has 10 aromatic rings. The molecule has 17 nitrogen and oxygen atoms in total. The zero-order valence-corrected chi connectivity index (χ0v) is 52.9. The van der Waals surface area contributed by atoms with Gasteiger partial charge in [0.25, 0.3) is 0 Å². The van der Waals surface area contributed by atoms with E-state index in [1.165, 1.54) is 0 Å². The third-order valence-corrected chi connectivity index (χ3v) is 15.7. The van der Waals surface area contributed by atoms with Crippen LogP contribution >= 0.6 is 11.6 Å². The second kappa shape index (κ2) is 28.1. The van der Waals surface area contributed by atoms with Gasteiger partial charge in [-0.15, -0.1) is 0 Å². The molecular weight excluding hydrogens is 1160 g/mol. The maximum atomic E-state index is 15.5. The number of hydrogen-bond donors (Lipinski definition) is 2. The molecule has 0 saturated heterocycles. The lowest BCUT2D eigenvalue weighted by molar-refractivity contribution is -0.144. The molecular formula is C72H73ClN8O9. The van der Waals surface area contributed by atoms with E-state index in [2.05, 4.69) is 15.2 Å². The number of fused-ring (bicyclic) bond motifs is 3. The normalized spacial score (nSPS) is 12.8. The summed E-state index contributed by atoms with van der Waals surface area (Å²) in [6, 6.07) is 45.2. The number of nitrogens with one attached hydrogen (secondary N) is 1. The number of ether oxygens (including phenoxy) is 6. The smallest absolute Gasteiger partial charge is 0.227 e. The van der Waals surface area contributed by atoms with E-state index >= 15 is 4.79 Å². The minimum Gasteiger partial charge on any atom is -0.492 e. The number of primary amides is 1. The maximum Gasteiger partial charge on any atom is 0.227 e. The first-order chi connectivity index (χ1) is 43.2. The van der Waals surface area contributed by atoms with Gasteiger partial charge in [-0.2, -0.15) is 0 Å². The second-order valence-corrected chi connectivity index (χ2v) is 23.5. The van der Waals surface area contributed by atoms with Crippen LogP contribution in [0.2, 0.25) is 5.02 Å². The monoisotopic (exact) mass is 1230 g/mol. The standard InChI is InChI=1S/C72H73ClN8O9/c1-42(2)86-59-35-45(5)71(60(73)41-59)90-70-26-16-54-38-51(13-21-63(54)79-70)48(8)81(47(7)50-12-20-62-53(37-50)15-25-69(78-62)88-64-22-17-57(33-43(64)3)85-32-31-80(9)10)72(84)55(39-66(74)82)40-67(83)76-46(6)49-11-19-61-52(36-49)14-24-68(77-61)89-65-23-18-58(34-44(65)4)87-56-27-29-75-30-28-56/h11-30,33-38,41-42,46-48,55H,31-32,39-40H2,1-10H3,(H2,74,82)(H,76,83). The Hall–Kier alpha value is -9.84. The average Bonchev–Trinajstić information content (AvgIpc) is 0.891. The van der Waals surface area contributed by atoms with Crippen molar-refractivity contribution in [2.24, 2.45) is 11.7 Å². The van der Waals surface area contributed by atoms with Crippen molar-refractivity contribution in [2.75, 3.05) is 27.2 Å². The Morgan fingerprint density at radius 2 is 1.06 bits per heavy atom. The van der Waals surface area contributed by atoms with Gasteiger partial charge in [-0.05, 0) is 212 Å². The molecule has 4 unspecified atom stereocenters. The number of hydrogen-bond acceptors (Lipinski definition) is 14. The number of halogens is 1. The number of rotatable bonds is 25. The van der Waals surface area contributed by atoms with Gasteiger partial charge in [-0.1, -0.05) is 29.8 Å². The number of likely N-dealkylation sites (N-methyl/N-ethyl adjacent to an activating group) is 1. The number of carbonyl (C=O) groups excluding carboxylic acids is 3. The average molecular weight is 1230 g/mol. The van der Waals surface area contributed by atoms with E-state index in [4.69, 9.17) is 60.7 Å². The number of amides is 3. The van der Waals surface area contributed by atoms with Crippen molar-refractivity contribution >= 4 is 62.0 Å². The SMILES string of the molecule is Cc1cc(OCCN(C)C)ccc1Oc1ccc2cc(C(C)N(C(=O)C(CC(N)=O)CC(=O)NC(C)c3ccc4nc(Oc5ccc(Oc6ccncc6)cc5C)ccc4c3)C(C)c3ccc4nc(Oc5c(C)cc(OC(C)C)cc5Cl)ccc4c3)ccc2n1. The lowest BCUT2D eigenvalue weighted by Crippen LogP contribution is -2.43. The summed E-state index contributed by atoms with van der Waals surface area (Å²) in [6.45, 7) is 16.8. The van der Waals surface area contributed by atoms with Crippen LogP contribution in [0.15, 0.2) is 164 Å². The van der Waals surface area contributed by atoms with Crippen LogP contribution in [-0.2, 0) is 14.4 Å². The predicted octanol–water partition coefficient (Wildman–Crippen LogP) is 15.6. The molecule has 6 aromatic carbocycles. The van der Waals surface area contributed by atoms with E-state index in [1.54, 1.807) is 47.6 Å². The van der Waals surface area contributed by atoms with E-state index in [0.29, 0.717) is 80.3 Å². The Balaban J connectivity index is 0.883. The van der Waals surface area contributed by atoms with Crippen LogP contribution in [0.3, 0.4) is 0 Å². The number of nitrogens with zero attached hydrogens (tertiary/aromatic N) is 6. The first-order valence-corrected chi connectivity index (χ1v) is 30.3. The van der Waals surface area contributed by atoms with Crippen LogP contribution < -0.4 is 39.5 Å². The number of nitrogens with two attached hydrogens (primary N) is 1. The van der Waals surface area contributed by atoms with Gasteiger partial charge in [-0.3, -0.25) is 19.4 Å². The third-order valence-electron chi connectivity index (χ3n) is 15.4. The van der Waals surface area contributed by atoms with Crippen molar-refractivity contribution in [1.29, 1.82) is 0 Å². The second-order valence-electron chi connectivity index (χ2n) is 23.1. The molecule has 0 fully saturated rings. The first-order valence-electron chi connectivity index (χ1n) is 29.9. The van der Waals surface area contributed by atoms with Crippen LogP contribution in [0.4, 0.5) is 0 Å². The zero-order chi connectivity index (χ0) is 63.8. The summed E-state index contributed by atoms with van der Waals surface area (Å²) in [6.07, 6.45) is 2.63. The fourth-order valence-electron chi connectivity index (χ4n) is 10.7. The molecule has 0 bridgehead atoms. The lowest BCUT2D eigenvalue weighted by Gasteiger charge is -2.38. The number of carbonyl (C=O) groups is 3. The minimum absolute atomic E-state index is 0.0268. The Bertz CT molecular complexity index is 4240. The van der Waals surface area contributed by atoms with Gasteiger partial charge in [0.2, 0.25) is 35.4 Å². The van der Waals surface area contributed by atoms with Crippen molar-refractivity contribution in [3.05, 3.63) is 202 Å². The highest BCUT2D eigenvalue weighted by Gasteiger charge is 2.35. The van der Waals surface area contributed by atoms with E-state index in [-0.39, 0.29) is 18.9 Å². The predicted molar refractivity (Wildman–Crippen MR) is 350 cm³/mol. The van der Waals surface area contributed by atoms with Crippen LogP contribution in [-0.4, -0.2) is 80.8 Å². The number of benzene rings is 6. The molecule has 90 heavy (non-hydrogen) atoms. The molecule has 0 spiro atoms. The van der Waals surface area contributed by atoms with Crippen LogP contribution in [0.5, 0.6) is 57.9 Å². The Labute approximate surface area is 529 Å². The molecule has 0 saturated carbocycles. The maximum absolute atomic E-state index is 15.5. The largest absolute Gasteiger partial charge is 0.492 e. The summed E-state index contributed by atoms with van der Waals surface area (Å²) in [4.78, 5) is 65.1. The van der Waals surface area contributed by atoms with Gasteiger partial charge in [-0.25, -0.2) is 15.0 Å². The fourth-order valence-corrected chi connectivity index (χ4v) is 11.0. The van der Waals surface area contributed by atoms with Crippen molar-refractivity contribution in [3.63, 3.8) is 0 Å². The van der Waals surface area contributed by atoms with Gasteiger partial charge in [0.1, 0.15) is 41.1 Å². The van der Waals surface area contributed by atoms with Crippen molar-refractivity contribution in [3.8, 4) is 57.9 Å². The number of pyridine rings is 4. The Morgan fingerprint density at radius 3 is 1.58 bits per heavy atom. The van der Waals surface area contributed by atoms with Crippen molar-refractivity contribution < 1.29 is 42.8 Å². The molecule has 0 aliphatic heterocycles. The molecule has 4 aromatic heterocycles. The quantitative estimate of drug-likeness (QED) is 0.0547. The molecule has 0 aliphatic rings. The highest BCUT2D eigenvalue weighted by Crippen LogP contribution is 2.40. The topological polar surface area (TPSA) is 203 Å². The van der Waals surface area contributed by atoms with E-state index in [0.717, 1.165) is 61.8 Å². The highest BCUT2D eigenvalue weighted by molar-refractivity contribution is 6.32. The first kappa shape index (κ1) is 63.2. The van der Waals surface area contributed by atoms with Gasteiger partial charge < -0.3 is 49.3 Å². The summed E-state index contributed by atoms with van der Waals surface area (Å²) in [5.41, 5.74) is 12.9. The molecule has 4 atom stereocenters. The van der Waals surface area contributed by atoms with Gasteiger partial charge in [0.15, 0.2) is 5.75 Å². The van der Waals surface area contributed by atoms with Gasteiger partial charge in [0.05, 0.1) is 51.7 Å². The minimum atomic E-state index is -1.13. The summed E-state index contributed by atoms with van der Waals surface area (Å²) < 4.78 is 36.5. The van der Waals surface area contributed by atoms with E-state index in [9.17, 15) is 9.59 Å². The molecule has 0 radical (unpaired) electrons. The number of aromatic nitrogens is 4. The summed E-state index contributed by atoms with van der Waals surface area (Å²) in [5.74, 6) is 2.94. The van der Waals surface area contributed by atoms with E-state index < -0.39 is 41.8 Å². The van der Waals surface area contributed by atoms with Crippen molar-refractivity contribution in [2.45, 2.75) is 92.5 Å². The Morgan fingerprint density at radius 1 is 0.544 bits per heavy atom. The molecule has 4 heterocycles. The summed E-state index contributed by atoms with van der Waals surface area (Å²) in [7, 11) is 4.00. The van der Waals surface area contributed by atoms with Gasteiger partial charge >= 0.3 is 0 Å². The number of aryl methyl sites for hydroxylation is 3. The molecule has 462 valence electrons. The molecule has 3 N–H and O–H groups in total. The molecule has 3 amide bonds.